The summed E-state index contributed by atoms with van der Waals surface area (Å²) in [5.41, 5.74) is 6.79. The predicted molar refractivity (Wildman–Crippen MR) is 64.0 cm³/mol. The molecule has 0 spiro atoms. The lowest BCUT2D eigenvalue weighted by Crippen LogP contribution is -2.18. The van der Waals surface area contributed by atoms with Crippen LogP contribution < -0.4 is 5.73 Å². The average molecular weight is 223 g/mol. The normalized spacial score (nSPS) is 14.8. The highest BCUT2D eigenvalue weighted by Gasteiger charge is 2.12. The van der Waals surface area contributed by atoms with Crippen LogP contribution in [0.5, 0.6) is 0 Å². The second kappa shape index (κ2) is 6.55. The largest absolute Gasteiger partial charge is 0.373 e. The van der Waals surface area contributed by atoms with Gasteiger partial charge in [0.05, 0.1) is 0 Å². The zero-order valence-corrected chi connectivity index (χ0v) is 10.3. The molecular weight excluding hydrogens is 202 g/mol. The minimum absolute atomic E-state index is 0.00866. The highest BCUT2D eigenvalue weighted by atomic mass is 16.5. The number of aromatic nitrogens is 2. The molecule has 1 aromatic heterocycles. The molecule has 0 aliphatic heterocycles. The van der Waals surface area contributed by atoms with Gasteiger partial charge in [0.25, 0.3) is 0 Å². The third-order valence-electron chi connectivity index (χ3n) is 2.41. The van der Waals surface area contributed by atoms with Crippen LogP contribution in [0.15, 0.2) is 12.4 Å². The molecule has 90 valence electrons. The molecule has 16 heavy (non-hydrogen) atoms. The highest BCUT2D eigenvalue weighted by Crippen LogP contribution is 2.17. The Labute approximate surface area is 97.2 Å². The molecule has 0 saturated heterocycles. The molecule has 1 rings (SSSR count). The minimum atomic E-state index is 0.00866. The summed E-state index contributed by atoms with van der Waals surface area (Å²) in [5.74, 6) is 0.762. The Morgan fingerprint density at radius 1 is 1.38 bits per heavy atom. The summed E-state index contributed by atoms with van der Waals surface area (Å²) in [6.07, 6.45) is 6.51. The second-order valence-corrected chi connectivity index (χ2v) is 4.14. The van der Waals surface area contributed by atoms with Crippen molar-refractivity contribution in [3.8, 4) is 0 Å². The molecular formula is C12H21N3O. The number of nitrogens with zero attached hydrogens (tertiary/aromatic N) is 2. The predicted octanol–water partition coefficient (Wildman–Crippen LogP) is 1.85. The van der Waals surface area contributed by atoms with Crippen molar-refractivity contribution in [3.05, 3.63) is 23.8 Å². The van der Waals surface area contributed by atoms with Gasteiger partial charge in [0.1, 0.15) is 6.10 Å². The number of rotatable bonds is 6. The summed E-state index contributed by atoms with van der Waals surface area (Å²) >= 11 is 0. The van der Waals surface area contributed by atoms with Crippen molar-refractivity contribution in [2.75, 3.05) is 7.11 Å². The highest BCUT2D eigenvalue weighted by molar-refractivity contribution is 5.07. The molecule has 4 nitrogen and oxygen atoms in total. The lowest BCUT2D eigenvalue weighted by atomic mass is 10.1. The number of hydrogen-bond acceptors (Lipinski definition) is 4. The van der Waals surface area contributed by atoms with Gasteiger partial charge in [-0.15, -0.1) is 0 Å². The van der Waals surface area contributed by atoms with Gasteiger partial charge < -0.3 is 10.5 Å². The van der Waals surface area contributed by atoms with E-state index in [1.54, 1.807) is 7.11 Å². The van der Waals surface area contributed by atoms with E-state index >= 15 is 0 Å². The number of nitrogens with two attached hydrogens (primary N) is 1. The van der Waals surface area contributed by atoms with Gasteiger partial charge >= 0.3 is 0 Å². The molecule has 0 radical (unpaired) electrons. The van der Waals surface area contributed by atoms with Gasteiger partial charge in [0.15, 0.2) is 5.82 Å². The maximum Gasteiger partial charge on any atom is 0.157 e. The monoisotopic (exact) mass is 223 g/mol. The van der Waals surface area contributed by atoms with Crippen LogP contribution in [0.1, 0.15) is 44.2 Å². The van der Waals surface area contributed by atoms with Crippen LogP contribution in [0.2, 0.25) is 0 Å². The summed E-state index contributed by atoms with van der Waals surface area (Å²) in [6, 6.07) is 0.142. The van der Waals surface area contributed by atoms with Crippen LogP contribution in [0, 0.1) is 0 Å². The van der Waals surface area contributed by atoms with E-state index in [2.05, 4.69) is 16.9 Å². The van der Waals surface area contributed by atoms with E-state index in [0.717, 1.165) is 30.7 Å². The zero-order chi connectivity index (χ0) is 12.0. The van der Waals surface area contributed by atoms with Crippen molar-refractivity contribution >= 4 is 0 Å². The molecule has 0 aliphatic carbocycles. The van der Waals surface area contributed by atoms with Crippen molar-refractivity contribution in [2.45, 2.75) is 45.3 Å². The van der Waals surface area contributed by atoms with Gasteiger partial charge in [-0.1, -0.05) is 13.3 Å². The third-order valence-corrected chi connectivity index (χ3v) is 2.41. The summed E-state index contributed by atoms with van der Waals surface area (Å²) in [6.45, 7) is 4.10. The summed E-state index contributed by atoms with van der Waals surface area (Å²) in [7, 11) is 1.69. The number of methoxy groups -OCH3 is 1. The fraction of sp³-hybridized carbons (Fsp3) is 0.667. The zero-order valence-electron chi connectivity index (χ0n) is 10.3. The maximum atomic E-state index is 5.72. The van der Waals surface area contributed by atoms with Crippen LogP contribution in [0.25, 0.3) is 0 Å². The topological polar surface area (TPSA) is 61.0 Å². The Hall–Kier alpha value is -1.00. The fourth-order valence-electron chi connectivity index (χ4n) is 1.62. The van der Waals surface area contributed by atoms with Gasteiger partial charge in [0, 0.05) is 25.5 Å². The first-order valence-corrected chi connectivity index (χ1v) is 5.76. The smallest absolute Gasteiger partial charge is 0.157 e. The molecule has 1 aromatic rings. The SMILES string of the molecule is CCCC(OC)c1ncc(CC(C)N)cn1. The van der Waals surface area contributed by atoms with E-state index in [-0.39, 0.29) is 12.1 Å². The molecule has 2 unspecified atom stereocenters. The number of hydrogen-bond donors (Lipinski definition) is 1. The number of ether oxygens (including phenoxy) is 1. The van der Waals surface area contributed by atoms with Crippen molar-refractivity contribution in [3.63, 3.8) is 0 Å². The molecule has 1 heterocycles. The second-order valence-electron chi connectivity index (χ2n) is 4.14. The van der Waals surface area contributed by atoms with E-state index in [0.29, 0.717) is 0 Å². The van der Waals surface area contributed by atoms with E-state index < -0.39 is 0 Å². The lowest BCUT2D eigenvalue weighted by Gasteiger charge is -2.13. The first kappa shape index (κ1) is 13.1. The van der Waals surface area contributed by atoms with Gasteiger partial charge in [-0.05, 0) is 25.3 Å². The standard InChI is InChI=1S/C12H21N3O/c1-4-5-11(16-3)12-14-7-10(8-15-12)6-9(2)13/h7-9,11H,4-6,13H2,1-3H3. The van der Waals surface area contributed by atoms with Crippen molar-refractivity contribution in [2.24, 2.45) is 5.73 Å². The van der Waals surface area contributed by atoms with E-state index in [1.165, 1.54) is 0 Å². The first-order valence-electron chi connectivity index (χ1n) is 5.76. The molecule has 2 N–H and O–H groups in total. The van der Waals surface area contributed by atoms with E-state index in [4.69, 9.17) is 10.5 Å². The van der Waals surface area contributed by atoms with Crippen LogP contribution in [-0.4, -0.2) is 23.1 Å². The van der Waals surface area contributed by atoms with E-state index in [9.17, 15) is 0 Å². The first-order chi connectivity index (χ1) is 7.67. The Morgan fingerprint density at radius 2 is 2.00 bits per heavy atom. The molecule has 0 fully saturated rings. The maximum absolute atomic E-state index is 5.72. The molecule has 0 aromatic carbocycles. The van der Waals surface area contributed by atoms with Crippen LogP contribution >= 0.6 is 0 Å². The minimum Gasteiger partial charge on any atom is -0.373 e. The fourth-order valence-corrected chi connectivity index (χ4v) is 1.62. The molecule has 4 heteroatoms. The Kier molecular flexibility index (Phi) is 5.35. The average Bonchev–Trinajstić information content (AvgIpc) is 2.26. The third kappa shape index (κ3) is 3.87. The molecule has 0 saturated carbocycles. The lowest BCUT2D eigenvalue weighted by molar-refractivity contribution is 0.0875. The Bertz CT molecular complexity index is 298. The summed E-state index contributed by atoms with van der Waals surface area (Å²) < 4.78 is 5.35. The van der Waals surface area contributed by atoms with Crippen molar-refractivity contribution in [1.82, 2.24) is 9.97 Å². The summed E-state index contributed by atoms with van der Waals surface area (Å²) in [5, 5.41) is 0. The molecule has 0 aliphatic rings. The summed E-state index contributed by atoms with van der Waals surface area (Å²) in [4.78, 5) is 8.66. The van der Waals surface area contributed by atoms with Crippen LogP contribution in [0.3, 0.4) is 0 Å². The van der Waals surface area contributed by atoms with Gasteiger partial charge in [-0.2, -0.15) is 0 Å². The Balaban J connectivity index is 2.69. The van der Waals surface area contributed by atoms with Gasteiger partial charge in [0.2, 0.25) is 0 Å². The molecule has 0 amide bonds. The molecule has 0 bridgehead atoms. The molecule has 2 atom stereocenters. The quantitative estimate of drug-likeness (QED) is 0.799. The van der Waals surface area contributed by atoms with Crippen LogP contribution in [0.4, 0.5) is 0 Å². The van der Waals surface area contributed by atoms with Crippen molar-refractivity contribution in [1.29, 1.82) is 0 Å². The van der Waals surface area contributed by atoms with Crippen molar-refractivity contribution < 1.29 is 4.74 Å². The van der Waals surface area contributed by atoms with Gasteiger partial charge in [-0.25, -0.2) is 9.97 Å². The van der Waals surface area contributed by atoms with Crippen LogP contribution in [-0.2, 0) is 11.2 Å². The Morgan fingerprint density at radius 3 is 2.44 bits per heavy atom. The van der Waals surface area contributed by atoms with E-state index in [1.807, 2.05) is 19.3 Å². The van der Waals surface area contributed by atoms with Gasteiger partial charge in [-0.3, -0.25) is 0 Å².